The highest BCUT2D eigenvalue weighted by Gasteiger charge is 2.32. The number of likely N-dealkylation sites (tertiary alicyclic amines) is 1. The van der Waals surface area contributed by atoms with E-state index in [4.69, 9.17) is 11.6 Å². The third-order valence-electron chi connectivity index (χ3n) is 4.36. The predicted octanol–water partition coefficient (Wildman–Crippen LogP) is 2.16. The molecule has 1 unspecified atom stereocenters. The molecule has 8 heteroatoms. The second kappa shape index (κ2) is 7.75. The van der Waals surface area contributed by atoms with Gasteiger partial charge >= 0.3 is 0 Å². The maximum atomic E-state index is 13.9. The highest BCUT2D eigenvalue weighted by atomic mass is 35.5. The molecular weight excluding hydrogens is 347 g/mol. The van der Waals surface area contributed by atoms with E-state index in [0.29, 0.717) is 19.1 Å². The van der Waals surface area contributed by atoms with Crippen LogP contribution >= 0.6 is 24.0 Å². The first-order valence-corrected chi connectivity index (χ1v) is 7.82. The van der Waals surface area contributed by atoms with Crippen molar-refractivity contribution in [1.82, 2.24) is 15.1 Å². The fourth-order valence-corrected chi connectivity index (χ4v) is 3.28. The summed E-state index contributed by atoms with van der Waals surface area (Å²) >= 11 is 5.52. The molecule has 3 rings (SSSR count). The van der Waals surface area contributed by atoms with Gasteiger partial charge in [0.05, 0.1) is 10.6 Å². The molecule has 1 atom stereocenters. The molecule has 1 aromatic rings. The number of nitrogens with zero attached hydrogens (tertiary/aromatic N) is 2. The fourth-order valence-electron chi connectivity index (χ4n) is 3.13. The molecule has 2 fully saturated rings. The number of hydrogen-bond acceptors (Lipinski definition) is 3. The van der Waals surface area contributed by atoms with Crippen LogP contribution in [0, 0.1) is 11.6 Å². The summed E-state index contributed by atoms with van der Waals surface area (Å²) in [7, 11) is 0. The summed E-state index contributed by atoms with van der Waals surface area (Å²) < 4.78 is 27.4. The number of hydrogen-bond donors (Lipinski definition) is 1. The number of halogens is 4. The number of amides is 1. The maximum absolute atomic E-state index is 13.9. The van der Waals surface area contributed by atoms with Gasteiger partial charge < -0.3 is 10.2 Å². The molecule has 1 aromatic carbocycles. The number of carbonyl (C=O) groups excluding carboxylic acids is 1. The quantitative estimate of drug-likeness (QED) is 0.815. The van der Waals surface area contributed by atoms with Crippen molar-refractivity contribution in [2.24, 2.45) is 0 Å². The van der Waals surface area contributed by atoms with E-state index in [1.165, 1.54) is 0 Å². The highest BCUT2D eigenvalue weighted by molar-refractivity contribution is 6.30. The molecule has 0 saturated carbocycles. The van der Waals surface area contributed by atoms with E-state index in [0.717, 1.165) is 44.7 Å². The zero-order chi connectivity index (χ0) is 15.7. The van der Waals surface area contributed by atoms with Crippen LogP contribution in [0.2, 0.25) is 5.02 Å². The van der Waals surface area contributed by atoms with Crippen LogP contribution in [0.3, 0.4) is 0 Å². The SMILES string of the molecule is Cl.O=C(c1cc(F)c(Cl)cc1F)N1CCC(N2CCNCC2)C1. The van der Waals surface area contributed by atoms with Gasteiger partial charge in [0.25, 0.3) is 5.91 Å². The molecule has 1 N–H and O–H groups in total. The van der Waals surface area contributed by atoms with Gasteiger partial charge in [-0.1, -0.05) is 11.6 Å². The van der Waals surface area contributed by atoms with Gasteiger partial charge in [-0.15, -0.1) is 12.4 Å². The van der Waals surface area contributed by atoms with Gasteiger partial charge in [-0.05, 0) is 18.6 Å². The molecule has 1 amide bonds. The maximum Gasteiger partial charge on any atom is 0.256 e. The van der Waals surface area contributed by atoms with Crippen molar-refractivity contribution in [3.05, 3.63) is 34.4 Å². The Balaban J connectivity index is 0.00000192. The number of benzene rings is 1. The fraction of sp³-hybridized carbons (Fsp3) is 0.533. The minimum Gasteiger partial charge on any atom is -0.337 e. The van der Waals surface area contributed by atoms with Gasteiger partial charge in [-0.25, -0.2) is 8.78 Å². The van der Waals surface area contributed by atoms with E-state index in [-0.39, 0.29) is 23.0 Å². The normalized spacial score (nSPS) is 22.0. The van der Waals surface area contributed by atoms with Crippen molar-refractivity contribution >= 4 is 29.9 Å². The second-order valence-electron chi connectivity index (χ2n) is 5.73. The molecule has 128 valence electrons. The van der Waals surface area contributed by atoms with Gasteiger partial charge in [0.1, 0.15) is 11.6 Å². The smallest absolute Gasteiger partial charge is 0.256 e. The Bertz CT molecular complexity index is 582. The number of carbonyl (C=O) groups is 1. The van der Waals surface area contributed by atoms with E-state index in [1.54, 1.807) is 4.90 Å². The van der Waals surface area contributed by atoms with Crippen LogP contribution in [0.4, 0.5) is 8.78 Å². The van der Waals surface area contributed by atoms with Crippen LogP contribution in [0.15, 0.2) is 12.1 Å². The highest BCUT2D eigenvalue weighted by Crippen LogP contribution is 2.23. The third-order valence-corrected chi connectivity index (χ3v) is 4.65. The Morgan fingerprint density at radius 3 is 2.57 bits per heavy atom. The van der Waals surface area contributed by atoms with Gasteiger partial charge in [0.15, 0.2) is 0 Å². The second-order valence-corrected chi connectivity index (χ2v) is 6.13. The van der Waals surface area contributed by atoms with Crippen molar-refractivity contribution in [3.63, 3.8) is 0 Å². The summed E-state index contributed by atoms with van der Waals surface area (Å²) in [6.45, 7) is 4.93. The largest absolute Gasteiger partial charge is 0.337 e. The van der Waals surface area contributed by atoms with Crippen LogP contribution in [-0.2, 0) is 0 Å². The Kier molecular flexibility index (Phi) is 6.19. The molecule has 2 aliphatic rings. The summed E-state index contributed by atoms with van der Waals surface area (Å²) in [6, 6.07) is 2.04. The summed E-state index contributed by atoms with van der Waals surface area (Å²) in [5, 5.41) is 2.98. The Labute approximate surface area is 145 Å². The zero-order valence-corrected chi connectivity index (χ0v) is 14.1. The van der Waals surface area contributed by atoms with Gasteiger partial charge in [0.2, 0.25) is 0 Å². The minimum absolute atomic E-state index is 0. The van der Waals surface area contributed by atoms with E-state index >= 15 is 0 Å². The number of nitrogens with one attached hydrogen (secondary N) is 1. The van der Waals surface area contributed by atoms with Gasteiger partial charge in [-0.2, -0.15) is 0 Å². The molecule has 2 saturated heterocycles. The van der Waals surface area contributed by atoms with Gasteiger partial charge in [0, 0.05) is 45.3 Å². The molecule has 0 aromatic heterocycles. The van der Waals surface area contributed by atoms with Crippen LogP contribution in [0.1, 0.15) is 16.8 Å². The summed E-state index contributed by atoms with van der Waals surface area (Å²) in [5.74, 6) is -2.02. The Hall–Kier alpha value is -0.950. The molecule has 2 aliphatic heterocycles. The van der Waals surface area contributed by atoms with E-state index < -0.39 is 17.5 Å². The number of piperazine rings is 1. The average molecular weight is 366 g/mol. The first-order chi connectivity index (χ1) is 10.6. The first kappa shape index (κ1) is 18.4. The standard InChI is InChI=1S/C15H18ClF2N3O.ClH/c16-12-8-13(17)11(7-14(12)18)15(22)21-4-1-10(9-21)20-5-2-19-3-6-20;/h7-8,10,19H,1-6,9H2;1H. The Morgan fingerprint density at radius 1 is 1.17 bits per heavy atom. The molecule has 4 nitrogen and oxygen atoms in total. The molecule has 0 spiro atoms. The molecule has 0 radical (unpaired) electrons. The van der Waals surface area contributed by atoms with Crippen LogP contribution in [-0.4, -0.2) is 61.0 Å². The first-order valence-electron chi connectivity index (χ1n) is 7.45. The average Bonchev–Trinajstić information content (AvgIpc) is 3.01. The summed E-state index contributed by atoms with van der Waals surface area (Å²) in [6.07, 6.45) is 0.865. The Morgan fingerprint density at radius 2 is 1.87 bits per heavy atom. The monoisotopic (exact) mass is 365 g/mol. The lowest BCUT2D eigenvalue weighted by Gasteiger charge is -2.32. The van der Waals surface area contributed by atoms with Crippen molar-refractivity contribution < 1.29 is 13.6 Å². The molecule has 0 aliphatic carbocycles. The van der Waals surface area contributed by atoms with E-state index in [9.17, 15) is 13.6 Å². The molecule has 0 bridgehead atoms. The third kappa shape index (κ3) is 3.94. The predicted molar refractivity (Wildman–Crippen MR) is 87.4 cm³/mol. The van der Waals surface area contributed by atoms with Crippen molar-refractivity contribution in [3.8, 4) is 0 Å². The van der Waals surface area contributed by atoms with Crippen LogP contribution in [0.5, 0.6) is 0 Å². The van der Waals surface area contributed by atoms with Crippen molar-refractivity contribution in [2.45, 2.75) is 12.5 Å². The minimum atomic E-state index is -0.776. The zero-order valence-electron chi connectivity index (χ0n) is 12.5. The summed E-state index contributed by atoms with van der Waals surface area (Å²) in [5.41, 5.74) is -0.247. The molecule has 23 heavy (non-hydrogen) atoms. The summed E-state index contributed by atoms with van der Waals surface area (Å²) in [4.78, 5) is 16.4. The lowest BCUT2D eigenvalue weighted by molar-refractivity contribution is 0.0768. The van der Waals surface area contributed by atoms with Crippen molar-refractivity contribution in [1.29, 1.82) is 0 Å². The number of rotatable bonds is 2. The van der Waals surface area contributed by atoms with Crippen LogP contribution in [0.25, 0.3) is 0 Å². The van der Waals surface area contributed by atoms with Gasteiger partial charge in [-0.3, -0.25) is 9.69 Å². The lowest BCUT2D eigenvalue weighted by Crippen LogP contribution is -2.49. The van der Waals surface area contributed by atoms with E-state index in [2.05, 4.69) is 10.2 Å². The topological polar surface area (TPSA) is 35.6 Å². The van der Waals surface area contributed by atoms with Crippen molar-refractivity contribution in [2.75, 3.05) is 39.3 Å². The van der Waals surface area contributed by atoms with Crippen LogP contribution < -0.4 is 5.32 Å². The molecule has 2 heterocycles. The lowest BCUT2D eigenvalue weighted by atomic mass is 10.1. The van der Waals surface area contributed by atoms with E-state index in [1.807, 2.05) is 0 Å². The molecular formula is C15H19Cl2F2N3O.